The Labute approximate surface area is 205 Å². The van der Waals surface area contributed by atoms with Gasteiger partial charge in [-0.1, -0.05) is 6.42 Å². The first kappa shape index (κ1) is 30.0. The fourth-order valence-corrected chi connectivity index (χ4v) is 3.05. The van der Waals surface area contributed by atoms with E-state index in [1.807, 2.05) is 0 Å². The summed E-state index contributed by atoms with van der Waals surface area (Å²) >= 11 is 0. The van der Waals surface area contributed by atoms with Gasteiger partial charge in [0.25, 0.3) is 0 Å². The van der Waals surface area contributed by atoms with Gasteiger partial charge in [-0.2, -0.15) is 0 Å². The molecule has 36 heavy (non-hydrogen) atoms. The quantitative estimate of drug-likeness (QED) is 0.0936. The number of hydrogen-bond donors (Lipinski definition) is 9. The van der Waals surface area contributed by atoms with Crippen LogP contribution in [-0.4, -0.2) is 91.6 Å². The molecule has 1 aromatic rings. The minimum atomic E-state index is -1.77. The van der Waals surface area contributed by atoms with E-state index in [4.69, 9.17) is 21.7 Å². The largest absolute Gasteiger partial charge is 0.481 e. The van der Waals surface area contributed by atoms with Gasteiger partial charge in [0, 0.05) is 18.3 Å². The van der Waals surface area contributed by atoms with Crippen LogP contribution in [0.4, 0.5) is 0 Å². The predicted molar refractivity (Wildman–Crippen MR) is 121 cm³/mol. The second-order valence-electron chi connectivity index (χ2n) is 7.89. The highest BCUT2D eigenvalue weighted by atomic mass is 16.4. The lowest BCUT2D eigenvalue weighted by molar-refractivity contribution is -0.145. The normalized spacial score (nSPS) is 14.1. The fourth-order valence-electron chi connectivity index (χ4n) is 3.05. The molecule has 1 rings (SSSR count). The molecule has 0 saturated carbocycles. The van der Waals surface area contributed by atoms with Crippen LogP contribution in [0.2, 0.25) is 0 Å². The van der Waals surface area contributed by atoms with Gasteiger partial charge in [-0.25, -0.2) is 9.78 Å². The van der Waals surface area contributed by atoms with Gasteiger partial charge in [0.2, 0.25) is 17.7 Å². The van der Waals surface area contributed by atoms with E-state index in [-0.39, 0.29) is 12.8 Å². The summed E-state index contributed by atoms with van der Waals surface area (Å²) in [6.45, 7) is 0.385. The summed E-state index contributed by atoms with van der Waals surface area (Å²) < 4.78 is 0. The molecule has 4 unspecified atom stereocenters. The van der Waals surface area contributed by atoms with E-state index in [0.29, 0.717) is 25.1 Å². The molecule has 200 valence electrons. The number of carbonyl (C=O) groups excluding carboxylic acids is 3. The molecule has 0 saturated heterocycles. The van der Waals surface area contributed by atoms with Crippen molar-refractivity contribution >= 4 is 35.6 Å². The third-order valence-corrected chi connectivity index (χ3v) is 4.92. The average molecular weight is 514 g/mol. The SMILES string of the molecule is NCCCCC(N)C(=O)NC(CC(=O)O)C(=O)NC(CC(=O)O)C(=O)NC(Cc1cnc[nH]1)C(=O)O. The first-order valence-electron chi connectivity index (χ1n) is 10.9. The number of nitrogens with zero attached hydrogens (tertiary/aromatic N) is 1. The van der Waals surface area contributed by atoms with Gasteiger partial charge in [-0.05, 0) is 19.4 Å². The number of aliphatic carboxylic acids is 3. The van der Waals surface area contributed by atoms with Gasteiger partial charge in [0.1, 0.15) is 18.1 Å². The van der Waals surface area contributed by atoms with Crippen LogP contribution in [-0.2, 0) is 35.2 Å². The zero-order chi connectivity index (χ0) is 27.3. The Hall–Kier alpha value is -4.05. The highest BCUT2D eigenvalue weighted by Gasteiger charge is 2.32. The third kappa shape index (κ3) is 10.9. The molecule has 1 aromatic heterocycles. The first-order chi connectivity index (χ1) is 16.9. The van der Waals surface area contributed by atoms with Gasteiger partial charge >= 0.3 is 17.9 Å². The van der Waals surface area contributed by atoms with E-state index < -0.39 is 72.6 Å². The van der Waals surface area contributed by atoms with Gasteiger partial charge in [0.15, 0.2) is 0 Å². The molecule has 0 aliphatic heterocycles. The molecular weight excluding hydrogens is 482 g/mol. The molecule has 11 N–H and O–H groups in total. The van der Waals surface area contributed by atoms with Crippen molar-refractivity contribution in [2.75, 3.05) is 6.54 Å². The van der Waals surface area contributed by atoms with Crippen molar-refractivity contribution in [2.24, 2.45) is 11.5 Å². The summed E-state index contributed by atoms with van der Waals surface area (Å²) in [5, 5.41) is 34.1. The highest BCUT2D eigenvalue weighted by molar-refractivity contribution is 5.96. The van der Waals surface area contributed by atoms with Crippen molar-refractivity contribution in [3.05, 3.63) is 18.2 Å². The third-order valence-electron chi connectivity index (χ3n) is 4.92. The van der Waals surface area contributed by atoms with Crippen LogP contribution in [0.25, 0.3) is 0 Å². The van der Waals surface area contributed by atoms with Gasteiger partial charge in [-0.15, -0.1) is 0 Å². The van der Waals surface area contributed by atoms with E-state index >= 15 is 0 Å². The van der Waals surface area contributed by atoms with Crippen molar-refractivity contribution in [3.63, 3.8) is 0 Å². The Bertz CT molecular complexity index is 923. The van der Waals surface area contributed by atoms with Crippen molar-refractivity contribution in [2.45, 2.75) is 62.7 Å². The molecule has 0 spiro atoms. The molecule has 0 radical (unpaired) electrons. The van der Waals surface area contributed by atoms with E-state index in [1.165, 1.54) is 12.5 Å². The summed E-state index contributed by atoms with van der Waals surface area (Å²) in [7, 11) is 0. The maximum absolute atomic E-state index is 12.7. The van der Waals surface area contributed by atoms with Crippen molar-refractivity contribution in [1.29, 1.82) is 0 Å². The number of nitrogens with two attached hydrogens (primary N) is 2. The maximum Gasteiger partial charge on any atom is 0.326 e. The zero-order valence-corrected chi connectivity index (χ0v) is 19.3. The monoisotopic (exact) mass is 513 g/mol. The number of carboxylic acids is 3. The molecule has 1 heterocycles. The topological polar surface area (TPSA) is 280 Å². The number of unbranched alkanes of at least 4 members (excludes halogenated alkanes) is 1. The predicted octanol–water partition coefficient (Wildman–Crippen LogP) is -3.10. The number of aromatic nitrogens is 2. The second-order valence-corrected chi connectivity index (χ2v) is 7.89. The average Bonchev–Trinajstić information content (AvgIpc) is 3.30. The number of rotatable bonds is 17. The van der Waals surface area contributed by atoms with Crippen LogP contribution in [0.1, 0.15) is 37.8 Å². The number of imidazole rings is 1. The molecular formula is C20H31N7O9. The number of H-pyrrole nitrogens is 1. The Morgan fingerprint density at radius 2 is 1.39 bits per heavy atom. The molecule has 0 bridgehead atoms. The van der Waals surface area contributed by atoms with Crippen molar-refractivity contribution in [3.8, 4) is 0 Å². The number of nitrogens with one attached hydrogen (secondary N) is 4. The van der Waals surface area contributed by atoms with E-state index in [1.54, 1.807) is 0 Å². The summed E-state index contributed by atoms with van der Waals surface area (Å²) in [5.74, 6) is -7.53. The van der Waals surface area contributed by atoms with Crippen molar-refractivity contribution < 1.29 is 44.1 Å². The molecule has 0 fully saturated rings. The Balaban J connectivity index is 2.95. The lowest BCUT2D eigenvalue weighted by atomic mass is 10.1. The van der Waals surface area contributed by atoms with E-state index in [2.05, 4.69) is 25.9 Å². The van der Waals surface area contributed by atoms with Crippen LogP contribution >= 0.6 is 0 Å². The Morgan fingerprint density at radius 1 is 0.861 bits per heavy atom. The van der Waals surface area contributed by atoms with Gasteiger partial charge in [0.05, 0.1) is 25.2 Å². The van der Waals surface area contributed by atoms with Gasteiger partial charge in [-0.3, -0.25) is 24.0 Å². The number of aromatic amines is 1. The summed E-state index contributed by atoms with van der Waals surface area (Å²) in [4.78, 5) is 78.1. The minimum absolute atomic E-state index is 0.214. The molecule has 0 aromatic carbocycles. The number of amides is 3. The van der Waals surface area contributed by atoms with Crippen LogP contribution in [0.5, 0.6) is 0 Å². The summed E-state index contributed by atoms with van der Waals surface area (Å²) in [5.41, 5.74) is 11.5. The van der Waals surface area contributed by atoms with Gasteiger partial charge < -0.3 is 47.7 Å². The molecule has 3 amide bonds. The standard InChI is InChI=1S/C20H31N7O9/c21-4-2-1-3-11(22)17(32)25-12(6-15(28)29)18(33)26-13(7-16(30)31)19(34)27-14(20(35)36)5-10-8-23-9-24-10/h8-9,11-14H,1-7,21-22H2,(H,23,24)(H,25,32)(H,26,33)(H,27,34)(H,28,29)(H,30,31)(H,35,36). The van der Waals surface area contributed by atoms with Crippen LogP contribution in [0.15, 0.2) is 12.5 Å². The summed E-state index contributed by atoms with van der Waals surface area (Å²) in [6, 6.07) is -6.00. The zero-order valence-electron chi connectivity index (χ0n) is 19.3. The lowest BCUT2D eigenvalue weighted by Gasteiger charge is -2.24. The van der Waals surface area contributed by atoms with Crippen LogP contribution in [0.3, 0.4) is 0 Å². The molecule has 0 aliphatic rings. The smallest absolute Gasteiger partial charge is 0.326 e. The maximum atomic E-state index is 12.7. The molecule has 0 aliphatic carbocycles. The molecule has 16 nitrogen and oxygen atoms in total. The van der Waals surface area contributed by atoms with Crippen molar-refractivity contribution in [1.82, 2.24) is 25.9 Å². The van der Waals surface area contributed by atoms with E-state index in [9.17, 15) is 33.9 Å². The van der Waals surface area contributed by atoms with Crippen LogP contribution in [0, 0.1) is 0 Å². The lowest BCUT2D eigenvalue weighted by Crippen LogP contribution is -2.58. The number of hydrogen-bond acceptors (Lipinski definition) is 9. The second kappa shape index (κ2) is 15.0. The Kier molecular flexibility index (Phi) is 12.5. The first-order valence-corrected chi connectivity index (χ1v) is 10.9. The number of carboxylic acid groups (broad SMARTS) is 3. The molecule has 4 atom stereocenters. The summed E-state index contributed by atoms with van der Waals surface area (Å²) in [6.07, 6.45) is 1.93. The minimum Gasteiger partial charge on any atom is -0.481 e. The Morgan fingerprint density at radius 3 is 1.83 bits per heavy atom. The number of carbonyl (C=O) groups is 6. The fraction of sp³-hybridized carbons (Fsp3) is 0.550. The van der Waals surface area contributed by atoms with Crippen LogP contribution < -0.4 is 27.4 Å². The van der Waals surface area contributed by atoms with E-state index in [0.717, 1.165) is 0 Å². The molecule has 16 heteroatoms. The highest BCUT2D eigenvalue weighted by Crippen LogP contribution is 2.04.